The Hall–Kier alpha value is -2.56. The largest absolute Gasteiger partial charge is 0.475 e. The van der Waals surface area contributed by atoms with E-state index in [4.69, 9.17) is 16.3 Å². The van der Waals surface area contributed by atoms with Gasteiger partial charge in [-0.15, -0.1) is 0 Å². The number of carbonyl (C=O) groups excluding carboxylic acids is 1. The van der Waals surface area contributed by atoms with E-state index in [1.54, 1.807) is 25.1 Å². The molecule has 2 aliphatic heterocycles. The second kappa shape index (κ2) is 8.99. The van der Waals surface area contributed by atoms with E-state index in [0.29, 0.717) is 54.4 Å². The average molecular weight is 561 g/mol. The standard InChI is InChI=1S/C27H33ClN4O5S/c1-25(34)11-14-32(18-25)22-3-2-4-23(29-22)38(35,36)30-24(33)27(9-10-27)37-21-17-19(28)5-6-20(21)31-15-12-26(7-8-26)13-16-31/h2-6,17,34H,7-16,18H2,1H3,(H,30,33). The molecule has 9 nitrogen and oxygen atoms in total. The summed E-state index contributed by atoms with van der Waals surface area (Å²) in [7, 11) is -4.24. The van der Waals surface area contributed by atoms with E-state index in [9.17, 15) is 18.3 Å². The van der Waals surface area contributed by atoms with Crippen molar-refractivity contribution < 1.29 is 23.1 Å². The van der Waals surface area contributed by atoms with Crippen molar-refractivity contribution in [2.75, 3.05) is 36.0 Å². The minimum Gasteiger partial charge on any atom is -0.475 e. The number of nitrogens with zero attached hydrogens (tertiary/aromatic N) is 3. The van der Waals surface area contributed by atoms with Gasteiger partial charge in [0.1, 0.15) is 11.6 Å². The molecule has 1 aromatic heterocycles. The summed E-state index contributed by atoms with van der Waals surface area (Å²) in [6.07, 6.45) is 6.25. The Labute approximate surface area is 228 Å². The number of benzene rings is 1. The molecule has 1 spiro atoms. The highest BCUT2D eigenvalue weighted by molar-refractivity contribution is 7.90. The summed E-state index contributed by atoms with van der Waals surface area (Å²) < 4.78 is 34.8. The number of hydrogen-bond donors (Lipinski definition) is 2. The molecule has 1 amide bonds. The second-order valence-corrected chi connectivity index (χ2v) is 13.7. The number of carbonyl (C=O) groups is 1. The molecule has 0 bridgehead atoms. The molecule has 1 atom stereocenters. The zero-order valence-corrected chi connectivity index (χ0v) is 23.0. The average Bonchev–Trinajstić information content (AvgIpc) is 3.79. The number of sulfonamides is 1. The summed E-state index contributed by atoms with van der Waals surface area (Å²) >= 11 is 6.29. The van der Waals surface area contributed by atoms with E-state index in [-0.39, 0.29) is 5.03 Å². The molecular formula is C27H33ClN4O5S. The Morgan fingerprint density at radius 1 is 1.03 bits per heavy atom. The number of piperidine rings is 1. The van der Waals surface area contributed by atoms with E-state index in [1.807, 2.05) is 17.0 Å². The number of anilines is 2. The molecule has 6 rings (SSSR count). The normalized spacial score (nSPS) is 25.3. The Morgan fingerprint density at radius 3 is 2.37 bits per heavy atom. The third kappa shape index (κ3) is 5.05. The molecule has 1 unspecified atom stereocenters. The summed E-state index contributed by atoms with van der Waals surface area (Å²) in [5, 5.41) is 10.5. The molecule has 11 heteroatoms. The molecule has 4 fully saturated rings. The predicted molar refractivity (Wildman–Crippen MR) is 144 cm³/mol. The van der Waals surface area contributed by atoms with Crippen LogP contribution in [0.2, 0.25) is 5.02 Å². The first-order chi connectivity index (χ1) is 18.0. The van der Waals surface area contributed by atoms with Crippen LogP contribution in [0.15, 0.2) is 41.4 Å². The van der Waals surface area contributed by atoms with Gasteiger partial charge in [-0.3, -0.25) is 4.79 Å². The van der Waals surface area contributed by atoms with Crippen LogP contribution in [-0.2, 0) is 14.8 Å². The molecule has 1 aromatic carbocycles. The fourth-order valence-corrected chi connectivity index (χ4v) is 6.74. The van der Waals surface area contributed by atoms with Gasteiger partial charge in [0.2, 0.25) is 0 Å². The van der Waals surface area contributed by atoms with Gasteiger partial charge in [-0.25, -0.2) is 9.71 Å². The van der Waals surface area contributed by atoms with Crippen LogP contribution in [0.3, 0.4) is 0 Å². The SMILES string of the molecule is CC1(O)CCN(c2cccc(S(=O)(=O)NC(=O)C3(Oc4cc(Cl)ccc4N4CCC5(CC4)CC5)CC3)n2)C1. The first-order valence-corrected chi connectivity index (χ1v) is 15.1. The molecule has 2 aromatic rings. The van der Waals surface area contributed by atoms with Crippen LogP contribution in [0, 0.1) is 5.41 Å². The Balaban J connectivity index is 1.17. The van der Waals surface area contributed by atoms with Crippen molar-refractivity contribution in [3.63, 3.8) is 0 Å². The van der Waals surface area contributed by atoms with Gasteiger partial charge in [-0.2, -0.15) is 8.42 Å². The number of hydrogen-bond acceptors (Lipinski definition) is 8. The van der Waals surface area contributed by atoms with Gasteiger partial charge in [0.25, 0.3) is 15.9 Å². The van der Waals surface area contributed by atoms with Crippen molar-refractivity contribution >= 4 is 39.0 Å². The number of aliphatic hydroxyl groups is 1. The Kier molecular flexibility index (Phi) is 6.08. The highest BCUT2D eigenvalue weighted by Crippen LogP contribution is 2.54. The molecule has 4 aliphatic rings. The highest BCUT2D eigenvalue weighted by Gasteiger charge is 2.55. The first-order valence-electron chi connectivity index (χ1n) is 13.2. The fourth-order valence-electron chi connectivity index (χ4n) is 5.57. The van der Waals surface area contributed by atoms with Crippen molar-refractivity contribution in [2.24, 2.45) is 5.41 Å². The van der Waals surface area contributed by atoms with Crippen LogP contribution in [0.25, 0.3) is 0 Å². The van der Waals surface area contributed by atoms with E-state index < -0.39 is 27.1 Å². The molecule has 2 aliphatic carbocycles. The highest BCUT2D eigenvalue weighted by atomic mass is 35.5. The number of rotatable bonds is 7. The summed E-state index contributed by atoms with van der Waals surface area (Å²) in [4.78, 5) is 21.7. The van der Waals surface area contributed by atoms with E-state index in [0.717, 1.165) is 31.6 Å². The minimum absolute atomic E-state index is 0.253. The number of pyridine rings is 1. The monoisotopic (exact) mass is 560 g/mol. The van der Waals surface area contributed by atoms with E-state index in [2.05, 4.69) is 14.6 Å². The van der Waals surface area contributed by atoms with Crippen LogP contribution in [0.4, 0.5) is 11.5 Å². The summed E-state index contributed by atoms with van der Waals surface area (Å²) in [6, 6.07) is 10.1. The lowest BCUT2D eigenvalue weighted by molar-refractivity contribution is -0.127. The molecule has 38 heavy (non-hydrogen) atoms. The lowest BCUT2D eigenvalue weighted by atomic mass is 9.93. The number of β-amino-alcohol motifs (C(OH)–C–C–N with tert-alkyl or cyclic N) is 1. The zero-order valence-electron chi connectivity index (χ0n) is 21.5. The van der Waals surface area contributed by atoms with Crippen molar-refractivity contribution in [3.05, 3.63) is 41.4 Å². The number of amides is 1. The Morgan fingerprint density at radius 2 is 1.74 bits per heavy atom. The molecule has 0 radical (unpaired) electrons. The topological polar surface area (TPSA) is 112 Å². The predicted octanol–water partition coefficient (Wildman–Crippen LogP) is 3.49. The molecule has 3 heterocycles. The van der Waals surface area contributed by atoms with Crippen LogP contribution >= 0.6 is 11.6 Å². The van der Waals surface area contributed by atoms with Crippen molar-refractivity contribution in [1.29, 1.82) is 0 Å². The summed E-state index contributed by atoms with van der Waals surface area (Å²) in [5.41, 5.74) is -0.727. The van der Waals surface area contributed by atoms with Gasteiger partial charge in [0.05, 0.1) is 11.3 Å². The van der Waals surface area contributed by atoms with Gasteiger partial charge >= 0.3 is 0 Å². The van der Waals surface area contributed by atoms with Crippen LogP contribution in [0.1, 0.15) is 51.9 Å². The van der Waals surface area contributed by atoms with Gasteiger partial charge < -0.3 is 19.6 Å². The second-order valence-electron chi connectivity index (χ2n) is 11.6. The van der Waals surface area contributed by atoms with Gasteiger partial charge in [0.15, 0.2) is 10.6 Å². The third-order valence-electron chi connectivity index (χ3n) is 8.45. The quantitative estimate of drug-likeness (QED) is 0.529. The number of nitrogens with one attached hydrogen (secondary N) is 1. The van der Waals surface area contributed by atoms with Crippen molar-refractivity contribution in [2.45, 2.75) is 68.1 Å². The maximum absolute atomic E-state index is 13.3. The zero-order chi connectivity index (χ0) is 26.8. The van der Waals surface area contributed by atoms with Gasteiger partial charge in [-0.1, -0.05) is 17.7 Å². The lowest BCUT2D eigenvalue weighted by Gasteiger charge is -2.35. The summed E-state index contributed by atoms with van der Waals surface area (Å²) in [6.45, 7) is 4.49. The molecule has 2 saturated heterocycles. The van der Waals surface area contributed by atoms with E-state index in [1.165, 1.54) is 18.9 Å². The van der Waals surface area contributed by atoms with Gasteiger partial charge in [0, 0.05) is 50.1 Å². The number of halogens is 1. The molecular weight excluding hydrogens is 528 g/mol. The Bertz CT molecular complexity index is 1360. The van der Waals surface area contributed by atoms with Crippen LogP contribution in [0.5, 0.6) is 5.75 Å². The van der Waals surface area contributed by atoms with E-state index >= 15 is 0 Å². The molecule has 2 N–H and O–H groups in total. The van der Waals surface area contributed by atoms with Gasteiger partial charge in [-0.05, 0) is 68.7 Å². The number of ether oxygens (including phenoxy) is 1. The smallest absolute Gasteiger partial charge is 0.281 e. The first kappa shape index (κ1) is 25.7. The maximum Gasteiger partial charge on any atom is 0.281 e. The van der Waals surface area contributed by atoms with Crippen LogP contribution < -0.4 is 19.3 Å². The minimum atomic E-state index is -4.24. The maximum atomic E-state index is 13.3. The third-order valence-corrected chi connectivity index (χ3v) is 9.92. The number of aromatic nitrogens is 1. The molecule has 2 saturated carbocycles. The fraction of sp³-hybridized carbons (Fsp3) is 0.556. The van der Waals surface area contributed by atoms with Crippen LogP contribution in [-0.4, -0.2) is 61.8 Å². The lowest BCUT2D eigenvalue weighted by Crippen LogP contribution is -2.44. The molecule has 204 valence electrons. The van der Waals surface area contributed by atoms with Crippen molar-refractivity contribution in [3.8, 4) is 5.75 Å². The summed E-state index contributed by atoms with van der Waals surface area (Å²) in [5.74, 6) is 0.222. The van der Waals surface area contributed by atoms with Crippen molar-refractivity contribution in [1.82, 2.24) is 9.71 Å².